The second-order valence-electron chi connectivity index (χ2n) is 2.54. The van der Waals surface area contributed by atoms with Crippen molar-refractivity contribution in [2.75, 3.05) is 6.54 Å². The van der Waals surface area contributed by atoms with Crippen LogP contribution >= 0.6 is 0 Å². The van der Waals surface area contributed by atoms with Gasteiger partial charge in [-0.3, -0.25) is 4.79 Å². The Morgan fingerprint density at radius 1 is 1.70 bits per heavy atom. The van der Waals surface area contributed by atoms with Gasteiger partial charge in [0.25, 0.3) is 0 Å². The maximum atomic E-state index is 10.6. The van der Waals surface area contributed by atoms with Gasteiger partial charge in [-0.25, -0.2) is 0 Å². The summed E-state index contributed by atoms with van der Waals surface area (Å²) in [5.74, 6) is -0.389. The van der Waals surface area contributed by atoms with Crippen LogP contribution < -0.4 is 11.1 Å². The largest absolute Gasteiger partial charge is 0.366 e. The van der Waals surface area contributed by atoms with E-state index in [2.05, 4.69) is 11.9 Å². The first-order valence-corrected chi connectivity index (χ1v) is 3.44. The van der Waals surface area contributed by atoms with Gasteiger partial charge in [-0.2, -0.15) is 0 Å². The molecule has 1 heterocycles. The highest BCUT2D eigenvalue weighted by atomic mass is 16.1. The van der Waals surface area contributed by atoms with Gasteiger partial charge in [-0.15, -0.1) is 0 Å². The zero-order valence-corrected chi connectivity index (χ0v) is 5.89. The molecule has 0 aliphatic carbocycles. The van der Waals surface area contributed by atoms with Gasteiger partial charge in [0.1, 0.15) is 0 Å². The van der Waals surface area contributed by atoms with Crippen molar-refractivity contribution in [2.45, 2.75) is 18.9 Å². The van der Waals surface area contributed by atoms with E-state index in [4.69, 9.17) is 5.73 Å². The van der Waals surface area contributed by atoms with Gasteiger partial charge in [0, 0.05) is 11.6 Å². The monoisotopic (exact) mass is 140 g/mol. The fraction of sp³-hybridized carbons (Fsp3) is 0.571. The van der Waals surface area contributed by atoms with Gasteiger partial charge in [0.15, 0.2) is 0 Å². The van der Waals surface area contributed by atoms with Gasteiger partial charge in [-0.05, 0) is 19.4 Å². The summed E-state index contributed by atoms with van der Waals surface area (Å²) in [6, 6.07) is 0.137. The van der Waals surface area contributed by atoms with Crippen LogP contribution in [0.25, 0.3) is 0 Å². The van der Waals surface area contributed by atoms with Crippen LogP contribution in [0.3, 0.4) is 0 Å². The summed E-state index contributed by atoms with van der Waals surface area (Å²) in [5.41, 5.74) is 5.55. The van der Waals surface area contributed by atoms with Crippen molar-refractivity contribution in [2.24, 2.45) is 5.73 Å². The number of primary amides is 1. The number of rotatable bonds is 2. The normalized spacial score (nSPS) is 24.6. The molecule has 56 valence electrons. The summed E-state index contributed by atoms with van der Waals surface area (Å²) in [6.45, 7) is 4.57. The van der Waals surface area contributed by atoms with E-state index in [1.807, 2.05) is 0 Å². The predicted molar refractivity (Wildman–Crippen MR) is 39.4 cm³/mol. The van der Waals surface area contributed by atoms with E-state index >= 15 is 0 Å². The first kappa shape index (κ1) is 7.28. The third-order valence-corrected chi connectivity index (χ3v) is 1.80. The summed E-state index contributed by atoms with van der Waals surface area (Å²) >= 11 is 0. The van der Waals surface area contributed by atoms with Crippen molar-refractivity contribution in [1.29, 1.82) is 0 Å². The van der Waals surface area contributed by atoms with Gasteiger partial charge in [0.2, 0.25) is 5.91 Å². The first-order valence-electron chi connectivity index (χ1n) is 3.44. The lowest BCUT2D eigenvalue weighted by atomic mass is 10.1. The Hall–Kier alpha value is -0.830. The smallest absolute Gasteiger partial charge is 0.245 e. The number of amides is 1. The molecule has 1 saturated heterocycles. The van der Waals surface area contributed by atoms with E-state index in [0.29, 0.717) is 5.57 Å². The molecule has 0 saturated carbocycles. The Morgan fingerprint density at radius 3 is 2.80 bits per heavy atom. The van der Waals surface area contributed by atoms with Crippen molar-refractivity contribution in [1.82, 2.24) is 5.32 Å². The molecule has 1 aliphatic rings. The molecule has 3 heteroatoms. The van der Waals surface area contributed by atoms with Crippen molar-refractivity contribution < 1.29 is 4.79 Å². The average molecular weight is 140 g/mol. The Kier molecular flexibility index (Phi) is 2.06. The highest BCUT2D eigenvalue weighted by molar-refractivity contribution is 5.92. The zero-order valence-electron chi connectivity index (χ0n) is 5.89. The zero-order chi connectivity index (χ0) is 7.56. The van der Waals surface area contributed by atoms with Crippen LogP contribution in [0.1, 0.15) is 12.8 Å². The van der Waals surface area contributed by atoms with Crippen molar-refractivity contribution in [3.8, 4) is 0 Å². The summed E-state index contributed by atoms with van der Waals surface area (Å²) in [7, 11) is 0. The quantitative estimate of drug-likeness (QED) is 0.521. The second kappa shape index (κ2) is 2.84. The van der Waals surface area contributed by atoms with Crippen molar-refractivity contribution in [3.63, 3.8) is 0 Å². The number of nitrogens with one attached hydrogen (secondary N) is 1. The molecule has 1 aliphatic heterocycles. The van der Waals surface area contributed by atoms with Crippen LogP contribution in [0.2, 0.25) is 0 Å². The lowest BCUT2D eigenvalue weighted by Gasteiger charge is -2.08. The molecule has 0 aromatic carbocycles. The summed E-state index contributed by atoms with van der Waals surface area (Å²) in [4.78, 5) is 10.6. The third kappa shape index (κ3) is 1.36. The average Bonchev–Trinajstić information content (AvgIpc) is 2.36. The maximum absolute atomic E-state index is 10.6. The van der Waals surface area contributed by atoms with Crippen LogP contribution in [0.4, 0.5) is 0 Å². The number of carbonyl (C=O) groups is 1. The molecule has 1 rings (SSSR count). The molecule has 0 spiro atoms. The number of nitrogens with two attached hydrogens (primary N) is 1. The minimum atomic E-state index is -0.389. The molecule has 0 bridgehead atoms. The molecule has 10 heavy (non-hydrogen) atoms. The lowest BCUT2D eigenvalue weighted by Crippen LogP contribution is -2.30. The standard InChI is InChI=1S/C7H12N2O/c1-5(7(8)10)6-3-2-4-9-6/h6,9H,1-4H2,(H2,8,10). The Morgan fingerprint density at radius 2 is 2.40 bits per heavy atom. The van der Waals surface area contributed by atoms with Crippen LogP contribution in [-0.4, -0.2) is 18.5 Å². The van der Waals surface area contributed by atoms with E-state index in [9.17, 15) is 4.79 Å². The van der Waals surface area contributed by atoms with Crippen molar-refractivity contribution in [3.05, 3.63) is 12.2 Å². The molecule has 3 nitrogen and oxygen atoms in total. The highest BCUT2D eigenvalue weighted by Crippen LogP contribution is 2.11. The molecule has 0 radical (unpaired) electrons. The molecule has 0 aromatic heterocycles. The van der Waals surface area contributed by atoms with Crippen LogP contribution in [0.15, 0.2) is 12.2 Å². The molecule has 1 atom stereocenters. The fourth-order valence-electron chi connectivity index (χ4n) is 1.15. The topological polar surface area (TPSA) is 55.1 Å². The molecular formula is C7H12N2O. The van der Waals surface area contributed by atoms with Gasteiger partial charge < -0.3 is 11.1 Å². The molecular weight excluding hydrogens is 128 g/mol. The predicted octanol–water partition coefficient (Wildman–Crippen LogP) is -0.220. The Balaban J connectivity index is 2.48. The molecule has 1 amide bonds. The summed E-state index contributed by atoms with van der Waals surface area (Å²) in [5, 5.41) is 3.14. The number of hydrogen-bond donors (Lipinski definition) is 2. The van der Waals surface area contributed by atoms with Gasteiger partial charge in [-0.1, -0.05) is 6.58 Å². The second-order valence-corrected chi connectivity index (χ2v) is 2.54. The molecule has 1 unspecified atom stereocenters. The van der Waals surface area contributed by atoms with E-state index in [1.54, 1.807) is 0 Å². The number of hydrogen-bond acceptors (Lipinski definition) is 2. The highest BCUT2D eigenvalue weighted by Gasteiger charge is 2.19. The third-order valence-electron chi connectivity index (χ3n) is 1.80. The van der Waals surface area contributed by atoms with E-state index in [-0.39, 0.29) is 11.9 Å². The number of carbonyl (C=O) groups excluding carboxylic acids is 1. The van der Waals surface area contributed by atoms with Crippen LogP contribution in [0, 0.1) is 0 Å². The Labute approximate surface area is 60.3 Å². The molecule has 1 fully saturated rings. The Bertz CT molecular complexity index is 159. The van der Waals surface area contributed by atoms with Crippen molar-refractivity contribution >= 4 is 5.91 Å². The minimum absolute atomic E-state index is 0.137. The van der Waals surface area contributed by atoms with E-state index < -0.39 is 0 Å². The fourth-order valence-corrected chi connectivity index (χ4v) is 1.15. The molecule has 3 N–H and O–H groups in total. The van der Waals surface area contributed by atoms with Gasteiger partial charge >= 0.3 is 0 Å². The van der Waals surface area contributed by atoms with Crippen LogP contribution in [0.5, 0.6) is 0 Å². The molecule has 0 aromatic rings. The van der Waals surface area contributed by atoms with E-state index in [1.165, 1.54) is 0 Å². The van der Waals surface area contributed by atoms with Crippen LogP contribution in [-0.2, 0) is 4.79 Å². The lowest BCUT2D eigenvalue weighted by molar-refractivity contribution is -0.114. The first-order chi connectivity index (χ1) is 4.72. The summed E-state index contributed by atoms with van der Waals surface area (Å²) < 4.78 is 0. The SMILES string of the molecule is C=C(C(N)=O)C1CCCN1. The van der Waals surface area contributed by atoms with E-state index in [0.717, 1.165) is 19.4 Å². The summed E-state index contributed by atoms with van der Waals surface area (Å²) in [6.07, 6.45) is 2.10. The maximum Gasteiger partial charge on any atom is 0.245 e. The minimum Gasteiger partial charge on any atom is -0.366 e. The van der Waals surface area contributed by atoms with Gasteiger partial charge in [0.05, 0.1) is 0 Å².